The molecule has 2 aromatic rings. The van der Waals surface area contributed by atoms with Gasteiger partial charge in [0.2, 0.25) is 11.8 Å². The Labute approximate surface area is 220 Å². The van der Waals surface area contributed by atoms with Crippen LogP contribution in [0.2, 0.25) is 0 Å². The van der Waals surface area contributed by atoms with Crippen LogP contribution in [0.1, 0.15) is 37.6 Å². The van der Waals surface area contributed by atoms with Gasteiger partial charge in [-0.3, -0.25) is 19.3 Å². The van der Waals surface area contributed by atoms with E-state index in [2.05, 4.69) is 10.6 Å². The summed E-state index contributed by atoms with van der Waals surface area (Å²) in [5.41, 5.74) is 1.37. The zero-order chi connectivity index (χ0) is 26.9. The number of carbonyl (C=O) groups is 4. The summed E-state index contributed by atoms with van der Waals surface area (Å²) in [5.74, 6) is -0.740. The third kappa shape index (κ3) is 7.04. The number of nitrogens with zero attached hydrogens (tertiary/aromatic N) is 2. The number of carbonyl (C=O) groups excluding carboxylic acids is 4. The Bertz CT molecular complexity index is 1150. The number of ether oxygens (including phenoxy) is 2. The Balaban J connectivity index is 1.77. The van der Waals surface area contributed by atoms with Crippen molar-refractivity contribution in [3.05, 3.63) is 54.1 Å². The number of esters is 1. The fourth-order valence-corrected chi connectivity index (χ4v) is 4.24. The lowest BCUT2D eigenvalue weighted by molar-refractivity contribution is -0.124. The second-order valence-electron chi connectivity index (χ2n) is 8.13. The van der Waals surface area contributed by atoms with Crippen LogP contribution in [0.15, 0.2) is 48.5 Å². The summed E-state index contributed by atoms with van der Waals surface area (Å²) in [6.07, 6.45) is -0.149. The van der Waals surface area contributed by atoms with Gasteiger partial charge in [-0.05, 0) is 74.6 Å². The molecule has 1 saturated heterocycles. The molecule has 2 aromatic carbocycles. The van der Waals surface area contributed by atoms with Crippen molar-refractivity contribution in [2.75, 3.05) is 36.5 Å². The number of amides is 3. The third-order valence-corrected chi connectivity index (χ3v) is 5.93. The molecule has 0 radical (unpaired) electrons. The van der Waals surface area contributed by atoms with Crippen molar-refractivity contribution in [2.45, 2.75) is 33.2 Å². The summed E-state index contributed by atoms with van der Waals surface area (Å²) in [5, 5.41) is 5.69. The first-order valence-corrected chi connectivity index (χ1v) is 12.3. The molecule has 0 saturated carbocycles. The van der Waals surface area contributed by atoms with Crippen LogP contribution in [-0.2, 0) is 19.1 Å². The first kappa shape index (κ1) is 27.6. The van der Waals surface area contributed by atoms with E-state index in [4.69, 9.17) is 21.7 Å². The van der Waals surface area contributed by atoms with Gasteiger partial charge in [-0.1, -0.05) is 0 Å². The molecule has 1 aliphatic heterocycles. The zero-order valence-corrected chi connectivity index (χ0v) is 21.8. The molecule has 1 fully saturated rings. The Hall–Kier alpha value is -3.99. The third-order valence-electron chi connectivity index (χ3n) is 5.51. The molecule has 2 N–H and O–H groups in total. The number of hydrogen-bond acceptors (Lipinski definition) is 7. The SMILES string of the molecule is CCOC(=O)c1ccc(N2C(=O)[C@H](CC(=O)Nc3ccc(OCC)cc3)N(CCNC(C)=O)C2=S)cc1. The Morgan fingerprint density at radius 1 is 1.00 bits per heavy atom. The zero-order valence-electron chi connectivity index (χ0n) is 21.0. The highest BCUT2D eigenvalue weighted by Crippen LogP contribution is 2.28. The molecule has 0 spiro atoms. The molecule has 0 aliphatic carbocycles. The molecule has 0 unspecified atom stereocenters. The van der Waals surface area contributed by atoms with Crippen LogP contribution in [-0.4, -0.2) is 66.0 Å². The van der Waals surface area contributed by atoms with Gasteiger partial charge in [0.25, 0.3) is 5.91 Å². The smallest absolute Gasteiger partial charge is 0.338 e. The highest BCUT2D eigenvalue weighted by Gasteiger charge is 2.44. The van der Waals surface area contributed by atoms with E-state index in [0.29, 0.717) is 29.3 Å². The van der Waals surface area contributed by atoms with Crippen molar-refractivity contribution in [2.24, 2.45) is 0 Å². The van der Waals surface area contributed by atoms with Crippen molar-refractivity contribution in [1.82, 2.24) is 10.2 Å². The van der Waals surface area contributed by atoms with Gasteiger partial charge in [-0.2, -0.15) is 0 Å². The van der Waals surface area contributed by atoms with E-state index in [1.165, 1.54) is 11.8 Å². The van der Waals surface area contributed by atoms with Crippen LogP contribution in [0.25, 0.3) is 0 Å². The number of anilines is 2. The molecule has 3 amide bonds. The van der Waals surface area contributed by atoms with E-state index in [9.17, 15) is 19.2 Å². The highest BCUT2D eigenvalue weighted by molar-refractivity contribution is 7.80. The van der Waals surface area contributed by atoms with Crippen LogP contribution in [0.4, 0.5) is 11.4 Å². The minimum absolute atomic E-state index is 0.149. The van der Waals surface area contributed by atoms with E-state index < -0.39 is 12.0 Å². The van der Waals surface area contributed by atoms with Crippen LogP contribution >= 0.6 is 12.2 Å². The van der Waals surface area contributed by atoms with Crippen molar-refractivity contribution in [3.8, 4) is 5.75 Å². The number of benzene rings is 2. The number of nitrogens with one attached hydrogen (secondary N) is 2. The molecule has 196 valence electrons. The van der Waals surface area contributed by atoms with E-state index in [1.807, 2.05) is 6.92 Å². The van der Waals surface area contributed by atoms with Crippen molar-refractivity contribution in [1.29, 1.82) is 0 Å². The molecule has 3 rings (SSSR count). The van der Waals surface area contributed by atoms with E-state index in [1.54, 1.807) is 60.4 Å². The predicted octanol–water partition coefficient (Wildman–Crippen LogP) is 2.73. The number of rotatable bonds is 11. The van der Waals surface area contributed by atoms with Gasteiger partial charge in [0.15, 0.2) is 5.11 Å². The molecular weight excluding hydrogens is 496 g/mol. The first-order chi connectivity index (χ1) is 17.7. The molecule has 10 nitrogen and oxygen atoms in total. The van der Waals surface area contributed by atoms with Crippen molar-refractivity contribution < 1.29 is 28.7 Å². The van der Waals surface area contributed by atoms with Crippen LogP contribution < -0.4 is 20.3 Å². The molecular formula is C26H30N4O6S. The number of hydrogen-bond donors (Lipinski definition) is 2. The minimum atomic E-state index is -0.867. The topological polar surface area (TPSA) is 117 Å². The fraction of sp³-hybridized carbons (Fsp3) is 0.346. The van der Waals surface area contributed by atoms with Crippen LogP contribution in [0, 0.1) is 0 Å². The maximum atomic E-state index is 13.5. The van der Waals surface area contributed by atoms with Gasteiger partial charge in [0.05, 0.1) is 30.9 Å². The molecule has 1 aliphatic rings. The van der Waals surface area contributed by atoms with Crippen LogP contribution in [0.5, 0.6) is 5.75 Å². The average Bonchev–Trinajstić information content (AvgIpc) is 3.09. The quantitative estimate of drug-likeness (QED) is 0.339. The van der Waals surface area contributed by atoms with Gasteiger partial charge >= 0.3 is 5.97 Å². The van der Waals surface area contributed by atoms with Gasteiger partial charge in [-0.15, -0.1) is 0 Å². The van der Waals surface area contributed by atoms with E-state index in [0.717, 1.165) is 0 Å². The van der Waals surface area contributed by atoms with Gasteiger partial charge in [0, 0.05) is 25.7 Å². The number of thiocarbonyl (C=S) groups is 1. The molecule has 1 atom stereocenters. The fourth-order valence-electron chi connectivity index (χ4n) is 3.83. The summed E-state index contributed by atoms with van der Waals surface area (Å²) < 4.78 is 10.4. The lowest BCUT2D eigenvalue weighted by atomic mass is 10.1. The van der Waals surface area contributed by atoms with Gasteiger partial charge in [0.1, 0.15) is 11.8 Å². The van der Waals surface area contributed by atoms with E-state index in [-0.39, 0.29) is 49.0 Å². The van der Waals surface area contributed by atoms with Crippen LogP contribution in [0.3, 0.4) is 0 Å². The second kappa shape index (κ2) is 12.8. The maximum Gasteiger partial charge on any atom is 0.338 e. The first-order valence-electron chi connectivity index (χ1n) is 11.9. The molecule has 0 aromatic heterocycles. The summed E-state index contributed by atoms with van der Waals surface area (Å²) in [6.45, 7) is 6.26. The minimum Gasteiger partial charge on any atom is -0.494 e. The lowest BCUT2D eigenvalue weighted by Gasteiger charge is -2.24. The molecule has 11 heteroatoms. The highest BCUT2D eigenvalue weighted by atomic mass is 32.1. The van der Waals surface area contributed by atoms with Crippen molar-refractivity contribution >= 4 is 52.4 Å². The van der Waals surface area contributed by atoms with Gasteiger partial charge in [-0.25, -0.2) is 4.79 Å². The standard InChI is InChI=1S/C26H30N4O6S/c1-4-35-21-12-8-19(9-13-21)28-23(32)16-22-24(33)30(26(37)29(22)15-14-27-17(3)31)20-10-6-18(7-11-20)25(34)36-5-2/h6-13,22H,4-5,14-16H2,1-3H3,(H,27,31)(H,28,32)/t22-/m0/s1. The monoisotopic (exact) mass is 526 g/mol. The normalized spacial score (nSPS) is 14.9. The van der Waals surface area contributed by atoms with E-state index >= 15 is 0 Å². The predicted molar refractivity (Wildman–Crippen MR) is 143 cm³/mol. The Morgan fingerprint density at radius 2 is 1.68 bits per heavy atom. The largest absolute Gasteiger partial charge is 0.494 e. The summed E-state index contributed by atoms with van der Waals surface area (Å²) in [7, 11) is 0. The summed E-state index contributed by atoms with van der Waals surface area (Å²) in [4.78, 5) is 52.7. The Morgan fingerprint density at radius 3 is 2.27 bits per heavy atom. The second-order valence-corrected chi connectivity index (χ2v) is 8.49. The van der Waals surface area contributed by atoms with Gasteiger partial charge < -0.3 is 25.0 Å². The Kier molecular flexibility index (Phi) is 9.56. The average molecular weight is 527 g/mol. The van der Waals surface area contributed by atoms with Crippen molar-refractivity contribution in [3.63, 3.8) is 0 Å². The molecule has 37 heavy (non-hydrogen) atoms. The summed E-state index contributed by atoms with van der Waals surface area (Å²) in [6, 6.07) is 12.4. The summed E-state index contributed by atoms with van der Waals surface area (Å²) >= 11 is 5.61. The lowest BCUT2D eigenvalue weighted by Crippen LogP contribution is -2.42. The molecule has 1 heterocycles. The maximum absolute atomic E-state index is 13.5. The molecule has 0 bridgehead atoms.